The summed E-state index contributed by atoms with van der Waals surface area (Å²) in [5, 5.41) is 19.9. The maximum absolute atomic E-state index is 10.2. The van der Waals surface area contributed by atoms with Gasteiger partial charge in [-0.05, 0) is 49.9 Å². The lowest BCUT2D eigenvalue weighted by Crippen LogP contribution is -2.57. The van der Waals surface area contributed by atoms with Crippen molar-refractivity contribution in [1.29, 1.82) is 0 Å². The molecule has 0 radical (unpaired) electrons. The molecule has 1 aliphatic carbocycles. The van der Waals surface area contributed by atoms with Crippen LogP contribution in [0.4, 0.5) is 0 Å². The summed E-state index contributed by atoms with van der Waals surface area (Å²) in [6, 6.07) is 0. The van der Waals surface area contributed by atoms with E-state index in [9.17, 15) is 10.4 Å². The maximum Gasteiger partial charge on any atom is 0.165 e. The van der Waals surface area contributed by atoms with Crippen LogP contribution in [-0.4, -0.2) is 41.6 Å². The van der Waals surface area contributed by atoms with E-state index in [-0.39, 0.29) is 18.4 Å². The molecule has 2 aliphatic rings. The molecule has 0 amide bonds. The molecule has 0 spiro atoms. The third-order valence-electron chi connectivity index (χ3n) is 6.43. The molecule has 23 heavy (non-hydrogen) atoms. The topological polar surface area (TPSA) is 68.2 Å². The van der Waals surface area contributed by atoms with Gasteiger partial charge >= 0.3 is 0 Å². The van der Waals surface area contributed by atoms with Crippen LogP contribution in [0.3, 0.4) is 0 Å². The van der Waals surface area contributed by atoms with Gasteiger partial charge < -0.3 is 14.6 Å². The second kappa shape index (κ2) is 7.79. The maximum atomic E-state index is 10.2. The number of rotatable bonds is 7. The lowest BCUT2D eigenvalue weighted by molar-refractivity contribution is -0.376. The Morgan fingerprint density at radius 3 is 2.43 bits per heavy atom. The summed E-state index contributed by atoms with van der Waals surface area (Å²) in [7, 11) is 0. The summed E-state index contributed by atoms with van der Waals surface area (Å²) >= 11 is 0. The quantitative estimate of drug-likeness (QED) is 0.553. The Hall–Kier alpha value is -0.200. The predicted octanol–water partition coefficient (Wildman–Crippen LogP) is 3.46. The minimum atomic E-state index is -0.873. The first-order valence-electron chi connectivity index (χ1n) is 9.13. The molecule has 0 aromatic carbocycles. The molecule has 2 fully saturated rings. The highest BCUT2D eigenvalue weighted by molar-refractivity contribution is 5.01. The van der Waals surface area contributed by atoms with E-state index in [4.69, 9.17) is 14.4 Å². The van der Waals surface area contributed by atoms with Crippen LogP contribution in [-0.2, 0) is 14.4 Å². The Labute approximate surface area is 140 Å². The molecule has 2 N–H and O–H groups in total. The smallest absolute Gasteiger partial charge is 0.165 e. The summed E-state index contributed by atoms with van der Waals surface area (Å²) in [5.74, 6) is 0.509. The molecular formula is C18H34O5. The number of aliphatic hydroxyl groups is 1. The van der Waals surface area contributed by atoms with Gasteiger partial charge in [-0.15, -0.1) is 0 Å². The Balaban J connectivity index is 2.17. The van der Waals surface area contributed by atoms with Crippen molar-refractivity contribution in [2.75, 3.05) is 19.8 Å². The van der Waals surface area contributed by atoms with Gasteiger partial charge in [-0.1, -0.05) is 27.2 Å². The highest BCUT2D eigenvalue weighted by atomic mass is 17.1. The van der Waals surface area contributed by atoms with E-state index in [1.807, 2.05) is 6.92 Å². The van der Waals surface area contributed by atoms with Crippen molar-refractivity contribution in [1.82, 2.24) is 0 Å². The van der Waals surface area contributed by atoms with E-state index in [0.717, 1.165) is 32.1 Å². The van der Waals surface area contributed by atoms with Crippen LogP contribution < -0.4 is 0 Å². The van der Waals surface area contributed by atoms with E-state index < -0.39 is 11.4 Å². The van der Waals surface area contributed by atoms with Gasteiger partial charge in [0.25, 0.3) is 0 Å². The minimum absolute atomic E-state index is 0.0925. The first kappa shape index (κ1) is 19.1. The summed E-state index contributed by atoms with van der Waals surface area (Å²) < 4.78 is 11.4. The molecule has 1 heterocycles. The average molecular weight is 330 g/mol. The summed E-state index contributed by atoms with van der Waals surface area (Å²) in [6.07, 6.45) is 4.66. The van der Waals surface area contributed by atoms with Gasteiger partial charge in [-0.25, -0.2) is 4.89 Å². The minimum Gasteiger partial charge on any atom is -0.393 e. The van der Waals surface area contributed by atoms with Gasteiger partial charge in [-0.3, -0.25) is 5.26 Å². The Morgan fingerprint density at radius 1 is 1.26 bits per heavy atom. The van der Waals surface area contributed by atoms with Crippen LogP contribution in [0, 0.1) is 23.7 Å². The van der Waals surface area contributed by atoms with Gasteiger partial charge in [0.05, 0.1) is 19.8 Å². The van der Waals surface area contributed by atoms with Crippen molar-refractivity contribution in [3.05, 3.63) is 0 Å². The second-order valence-electron chi connectivity index (χ2n) is 7.73. The fourth-order valence-corrected chi connectivity index (χ4v) is 4.74. The van der Waals surface area contributed by atoms with Crippen molar-refractivity contribution in [2.45, 2.75) is 71.2 Å². The SMILES string of the molecule is CC[C@H](C)[C@@H]1CC[C@@H](C)[C@H](CCC2(C)OCCO2)[C@@]1(CO)OO. The van der Waals surface area contributed by atoms with Crippen LogP contribution in [0.2, 0.25) is 0 Å². The molecule has 0 unspecified atom stereocenters. The van der Waals surface area contributed by atoms with Gasteiger partial charge in [0.1, 0.15) is 5.60 Å². The monoisotopic (exact) mass is 330 g/mol. The molecule has 0 aromatic heterocycles. The molecule has 2 rings (SSSR count). The molecule has 5 atom stereocenters. The van der Waals surface area contributed by atoms with Crippen molar-refractivity contribution < 1.29 is 24.7 Å². The zero-order valence-electron chi connectivity index (χ0n) is 15.1. The van der Waals surface area contributed by atoms with Crippen molar-refractivity contribution >= 4 is 0 Å². The van der Waals surface area contributed by atoms with Gasteiger partial charge in [0.2, 0.25) is 0 Å². The lowest BCUT2D eigenvalue weighted by Gasteiger charge is -2.51. The largest absolute Gasteiger partial charge is 0.393 e. The first-order valence-corrected chi connectivity index (χ1v) is 9.13. The molecule has 5 heteroatoms. The van der Waals surface area contributed by atoms with Crippen LogP contribution in [0.15, 0.2) is 0 Å². The Kier molecular flexibility index (Phi) is 6.48. The number of hydrogen-bond donors (Lipinski definition) is 2. The second-order valence-corrected chi connectivity index (χ2v) is 7.73. The standard InChI is InChI=1S/C18H34O5/c1-5-13(2)15-7-6-14(3)16(18(15,12-19)23-20)8-9-17(4)21-10-11-22-17/h13-16,19-20H,5-12H2,1-4H3/t13-,14+,15-,16-,18-/m0/s1. The fraction of sp³-hybridized carbons (Fsp3) is 1.00. The molecule has 1 saturated heterocycles. The van der Waals surface area contributed by atoms with E-state index in [1.165, 1.54) is 0 Å². The van der Waals surface area contributed by atoms with Gasteiger partial charge in [0, 0.05) is 6.42 Å². The Morgan fingerprint density at radius 2 is 1.91 bits per heavy atom. The molecular weight excluding hydrogens is 296 g/mol. The molecule has 1 aliphatic heterocycles. The molecule has 0 bridgehead atoms. The number of hydrogen-bond acceptors (Lipinski definition) is 5. The molecule has 0 aromatic rings. The lowest BCUT2D eigenvalue weighted by atomic mass is 9.59. The zero-order chi connectivity index (χ0) is 17.1. The molecule has 5 nitrogen and oxygen atoms in total. The predicted molar refractivity (Wildman–Crippen MR) is 87.9 cm³/mol. The van der Waals surface area contributed by atoms with Crippen LogP contribution in [0.25, 0.3) is 0 Å². The average Bonchev–Trinajstić information content (AvgIpc) is 2.99. The van der Waals surface area contributed by atoms with Crippen molar-refractivity contribution in [3.63, 3.8) is 0 Å². The van der Waals surface area contributed by atoms with Crippen molar-refractivity contribution in [3.8, 4) is 0 Å². The highest BCUT2D eigenvalue weighted by Crippen LogP contribution is 2.50. The van der Waals surface area contributed by atoms with Crippen LogP contribution in [0.5, 0.6) is 0 Å². The zero-order valence-corrected chi connectivity index (χ0v) is 15.1. The van der Waals surface area contributed by atoms with Crippen LogP contribution >= 0.6 is 0 Å². The number of ether oxygens (including phenoxy) is 2. The number of aliphatic hydroxyl groups excluding tert-OH is 1. The fourth-order valence-electron chi connectivity index (χ4n) is 4.74. The summed E-state index contributed by atoms with van der Waals surface area (Å²) in [4.78, 5) is 5.06. The van der Waals surface area contributed by atoms with E-state index in [1.54, 1.807) is 0 Å². The highest BCUT2D eigenvalue weighted by Gasteiger charge is 2.53. The van der Waals surface area contributed by atoms with Gasteiger partial charge in [-0.2, -0.15) is 0 Å². The molecule has 1 saturated carbocycles. The summed E-state index contributed by atoms with van der Waals surface area (Å²) in [6.45, 7) is 9.62. The third-order valence-corrected chi connectivity index (χ3v) is 6.43. The van der Waals surface area contributed by atoms with Crippen molar-refractivity contribution in [2.24, 2.45) is 23.7 Å². The normalized spacial score (nSPS) is 38.6. The first-order chi connectivity index (χ1) is 10.9. The van der Waals surface area contributed by atoms with E-state index in [2.05, 4.69) is 20.8 Å². The van der Waals surface area contributed by atoms with Gasteiger partial charge in [0.15, 0.2) is 5.79 Å². The molecule has 136 valence electrons. The third kappa shape index (κ3) is 3.74. The van der Waals surface area contributed by atoms with E-state index in [0.29, 0.717) is 25.0 Å². The van der Waals surface area contributed by atoms with Crippen LogP contribution in [0.1, 0.15) is 59.8 Å². The summed E-state index contributed by atoms with van der Waals surface area (Å²) in [5.41, 5.74) is -0.873. The van der Waals surface area contributed by atoms with E-state index >= 15 is 0 Å². The Bertz CT molecular complexity index is 362.